The fourth-order valence-electron chi connectivity index (χ4n) is 2.76. The number of carbonyl (C=O) groups excluding carboxylic acids is 1. The lowest BCUT2D eigenvalue weighted by Crippen LogP contribution is -2.44. The molecule has 1 saturated heterocycles. The molecule has 1 amide bonds. The van der Waals surface area contributed by atoms with Crippen LogP contribution in [-0.4, -0.2) is 65.2 Å². The number of nitrogens with zero attached hydrogens (tertiary/aromatic N) is 4. The Labute approximate surface area is 146 Å². The summed E-state index contributed by atoms with van der Waals surface area (Å²) in [4.78, 5) is 26.8. The largest absolute Gasteiger partial charge is 0.379 e. The Bertz CT molecular complexity index is 649. The fourth-order valence-corrected chi connectivity index (χ4v) is 2.76. The number of rotatable bonds is 7. The first-order valence-corrected chi connectivity index (χ1v) is 8.32. The summed E-state index contributed by atoms with van der Waals surface area (Å²) in [6.07, 6.45) is 6.41. The van der Waals surface area contributed by atoms with Crippen molar-refractivity contribution in [3.63, 3.8) is 0 Å². The van der Waals surface area contributed by atoms with Crippen LogP contribution in [0.15, 0.2) is 43.0 Å². The van der Waals surface area contributed by atoms with Gasteiger partial charge in [0.05, 0.1) is 37.7 Å². The van der Waals surface area contributed by atoms with Crippen LogP contribution in [0.1, 0.15) is 11.7 Å². The van der Waals surface area contributed by atoms with Crippen molar-refractivity contribution in [2.45, 2.75) is 6.04 Å². The number of hydrogen-bond donors (Lipinski definition) is 2. The summed E-state index contributed by atoms with van der Waals surface area (Å²) in [6.45, 7) is 3.98. The van der Waals surface area contributed by atoms with E-state index in [9.17, 15) is 4.79 Å². The van der Waals surface area contributed by atoms with Crippen LogP contribution in [-0.2, 0) is 9.53 Å². The van der Waals surface area contributed by atoms with Crippen molar-refractivity contribution < 1.29 is 9.53 Å². The van der Waals surface area contributed by atoms with Gasteiger partial charge in [0.1, 0.15) is 0 Å². The van der Waals surface area contributed by atoms with E-state index in [-0.39, 0.29) is 18.5 Å². The summed E-state index contributed by atoms with van der Waals surface area (Å²) in [5.74, 6) is 0.297. The van der Waals surface area contributed by atoms with Crippen molar-refractivity contribution in [1.82, 2.24) is 25.2 Å². The average molecular weight is 342 g/mol. The summed E-state index contributed by atoms with van der Waals surface area (Å²) in [5.41, 5.74) is 0.992. The third-order valence-corrected chi connectivity index (χ3v) is 3.97. The van der Waals surface area contributed by atoms with Crippen molar-refractivity contribution >= 4 is 11.7 Å². The van der Waals surface area contributed by atoms with E-state index in [0.29, 0.717) is 12.4 Å². The molecule has 0 radical (unpaired) electrons. The van der Waals surface area contributed by atoms with Gasteiger partial charge in [0, 0.05) is 38.2 Å². The van der Waals surface area contributed by atoms with Crippen LogP contribution in [0.2, 0.25) is 0 Å². The molecule has 0 spiro atoms. The van der Waals surface area contributed by atoms with Gasteiger partial charge in [0.15, 0.2) is 5.82 Å². The molecule has 8 nitrogen and oxygen atoms in total. The molecule has 0 saturated carbocycles. The number of carbonyl (C=O) groups is 1. The Morgan fingerprint density at radius 2 is 2.08 bits per heavy atom. The van der Waals surface area contributed by atoms with E-state index in [1.54, 1.807) is 18.6 Å². The lowest BCUT2D eigenvalue weighted by Gasteiger charge is -2.34. The maximum absolute atomic E-state index is 12.0. The number of aromatic nitrogens is 3. The third-order valence-electron chi connectivity index (χ3n) is 3.97. The van der Waals surface area contributed by atoms with Gasteiger partial charge in [-0.2, -0.15) is 0 Å². The predicted octanol–water partition coefficient (Wildman–Crippen LogP) is 0.473. The van der Waals surface area contributed by atoms with Crippen molar-refractivity contribution in [1.29, 1.82) is 0 Å². The summed E-state index contributed by atoms with van der Waals surface area (Å²) < 4.78 is 5.44. The second kappa shape index (κ2) is 9.16. The lowest BCUT2D eigenvalue weighted by atomic mass is 10.1. The molecule has 2 aromatic rings. The van der Waals surface area contributed by atoms with Gasteiger partial charge in [0.2, 0.25) is 5.91 Å². The number of ether oxygens (including phenoxy) is 1. The fraction of sp³-hybridized carbons (Fsp3) is 0.412. The van der Waals surface area contributed by atoms with Crippen LogP contribution in [0.4, 0.5) is 5.82 Å². The van der Waals surface area contributed by atoms with Crippen LogP contribution in [0.5, 0.6) is 0 Å². The lowest BCUT2D eigenvalue weighted by molar-refractivity contribution is -0.115. The molecule has 0 aliphatic carbocycles. The topological polar surface area (TPSA) is 92.3 Å². The van der Waals surface area contributed by atoms with Crippen molar-refractivity contribution in [2.75, 3.05) is 44.7 Å². The Balaban J connectivity index is 1.54. The molecule has 0 aromatic carbocycles. The van der Waals surface area contributed by atoms with E-state index < -0.39 is 0 Å². The van der Waals surface area contributed by atoms with Gasteiger partial charge in [-0.15, -0.1) is 0 Å². The molecule has 0 bridgehead atoms. The monoisotopic (exact) mass is 342 g/mol. The standard InChI is InChI=1S/C17H22N6O2/c24-17(22-16-12-18-5-6-21-16)13-19-11-15(14-3-1-2-4-20-14)23-7-9-25-10-8-23/h1-6,12,15,19H,7-11,13H2,(H,21,22,24). The number of hydrogen-bond acceptors (Lipinski definition) is 7. The Hall–Kier alpha value is -2.42. The maximum Gasteiger partial charge on any atom is 0.239 e. The van der Waals surface area contributed by atoms with Gasteiger partial charge in [0.25, 0.3) is 0 Å². The first-order valence-electron chi connectivity index (χ1n) is 8.32. The van der Waals surface area contributed by atoms with Crippen LogP contribution < -0.4 is 10.6 Å². The van der Waals surface area contributed by atoms with Crippen molar-refractivity contribution in [2.24, 2.45) is 0 Å². The van der Waals surface area contributed by atoms with Crippen LogP contribution in [0.3, 0.4) is 0 Å². The molecule has 1 aliphatic rings. The van der Waals surface area contributed by atoms with Gasteiger partial charge in [-0.3, -0.25) is 19.7 Å². The van der Waals surface area contributed by atoms with Crippen LogP contribution >= 0.6 is 0 Å². The first kappa shape index (κ1) is 17.4. The molecule has 132 valence electrons. The minimum atomic E-state index is -0.151. The van der Waals surface area contributed by atoms with Gasteiger partial charge >= 0.3 is 0 Å². The molecule has 8 heteroatoms. The molecule has 1 aliphatic heterocycles. The Kier molecular flexibility index (Phi) is 6.38. The summed E-state index contributed by atoms with van der Waals surface area (Å²) in [5, 5.41) is 5.93. The van der Waals surface area contributed by atoms with E-state index in [1.165, 1.54) is 6.20 Å². The zero-order valence-corrected chi connectivity index (χ0v) is 14.0. The first-order chi connectivity index (χ1) is 12.3. The molecule has 1 atom stereocenters. The number of nitrogens with one attached hydrogen (secondary N) is 2. The molecule has 2 N–H and O–H groups in total. The molecule has 3 heterocycles. The number of amides is 1. The minimum absolute atomic E-state index is 0.106. The highest BCUT2D eigenvalue weighted by Gasteiger charge is 2.23. The Morgan fingerprint density at radius 3 is 2.80 bits per heavy atom. The Morgan fingerprint density at radius 1 is 1.20 bits per heavy atom. The molecule has 3 rings (SSSR count). The van der Waals surface area contributed by atoms with E-state index in [4.69, 9.17) is 4.74 Å². The molecule has 1 fully saturated rings. The number of morpholine rings is 1. The van der Waals surface area contributed by atoms with Crippen molar-refractivity contribution in [3.05, 3.63) is 48.7 Å². The van der Waals surface area contributed by atoms with Crippen molar-refractivity contribution in [3.8, 4) is 0 Å². The summed E-state index contributed by atoms with van der Waals surface area (Å²) in [6, 6.07) is 6.01. The minimum Gasteiger partial charge on any atom is -0.379 e. The highest BCUT2D eigenvalue weighted by atomic mass is 16.5. The number of pyridine rings is 1. The van der Waals surface area contributed by atoms with E-state index in [1.807, 2.05) is 18.2 Å². The molecule has 25 heavy (non-hydrogen) atoms. The number of anilines is 1. The predicted molar refractivity (Wildman–Crippen MR) is 92.9 cm³/mol. The average Bonchev–Trinajstić information content (AvgIpc) is 2.67. The molecule has 1 unspecified atom stereocenters. The van der Waals surface area contributed by atoms with Crippen LogP contribution in [0.25, 0.3) is 0 Å². The van der Waals surface area contributed by atoms with E-state index in [2.05, 4.69) is 30.5 Å². The highest BCUT2D eigenvalue weighted by molar-refractivity contribution is 5.91. The zero-order chi connectivity index (χ0) is 17.3. The van der Waals surface area contributed by atoms with E-state index in [0.717, 1.165) is 32.0 Å². The van der Waals surface area contributed by atoms with Gasteiger partial charge in [-0.1, -0.05) is 6.07 Å². The maximum atomic E-state index is 12.0. The third kappa shape index (κ3) is 5.28. The molecule has 2 aromatic heterocycles. The highest BCUT2D eigenvalue weighted by Crippen LogP contribution is 2.19. The van der Waals surface area contributed by atoms with Gasteiger partial charge < -0.3 is 15.4 Å². The van der Waals surface area contributed by atoms with Crippen LogP contribution in [0, 0.1) is 0 Å². The summed E-state index contributed by atoms with van der Waals surface area (Å²) >= 11 is 0. The second-order valence-electron chi connectivity index (χ2n) is 5.69. The summed E-state index contributed by atoms with van der Waals surface area (Å²) in [7, 11) is 0. The van der Waals surface area contributed by atoms with Gasteiger partial charge in [-0.25, -0.2) is 4.98 Å². The normalized spacial score (nSPS) is 16.3. The molecular weight excluding hydrogens is 320 g/mol. The van der Waals surface area contributed by atoms with E-state index >= 15 is 0 Å². The molecular formula is C17H22N6O2. The quantitative estimate of drug-likeness (QED) is 0.756. The van der Waals surface area contributed by atoms with Gasteiger partial charge in [-0.05, 0) is 12.1 Å². The smallest absolute Gasteiger partial charge is 0.239 e. The zero-order valence-electron chi connectivity index (χ0n) is 14.0. The SMILES string of the molecule is O=C(CNCC(c1ccccn1)N1CCOCC1)Nc1cnccn1. The second-order valence-corrected chi connectivity index (χ2v) is 5.69.